The molecule has 0 radical (unpaired) electrons. The Kier molecular flexibility index (Phi) is 4.46. The molecule has 0 saturated carbocycles. The number of fused-ring (bicyclic) bond motifs is 1. The van der Waals surface area contributed by atoms with Gasteiger partial charge in [-0.3, -0.25) is 9.78 Å². The number of rotatable bonds is 6. The maximum absolute atomic E-state index is 12.2. The van der Waals surface area contributed by atoms with Crippen LogP contribution in [0.1, 0.15) is 49.4 Å². The summed E-state index contributed by atoms with van der Waals surface area (Å²) in [5.41, 5.74) is 1.72. The van der Waals surface area contributed by atoms with Crippen LogP contribution in [0.5, 0.6) is 0 Å². The van der Waals surface area contributed by atoms with Crippen LogP contribution >= 0.6 is 0 Å². The van der Waals surface area contributed by atoms with E-state index in [9.17, 15) is 4.79 Å². The summed E-state index contributed by atoms with van der Waals surface area (Å²) < 4.78 is 0. The van der Waals surface area contributed by atoms with E-state index >= 15 is 0 Å². The highest BCUT2D eigenvalue weighted by atomic mass is 16.1. The molecule has 0 unspecified atom stereocenters. The third-order valence-electron chi connectivity index (χ3n) is 3.20. The molecule has 2 nitrogen and oxygen atoms in total. The van der Waals surface area contributed by atoms with E-state index in [4.69, 9.17) is 0 Å². The van der Waals surface area contributed by atoms with Gasteiger partial charge >= 0.3 is 0 Å². The van der Waals surface area contributed by atoms with Crippen molar-refractivity contribution in [2.75, 3.05) is 0 Å². The van der Waals surface area contributed by atoms with Gasteiger partial charge < -0.3 is 0 Å². The van der Waals surface area contributed by atoms with Crippen molar-refractivity contribution in [2.45, 2.75) is 39.0 Å². The molecule has 0 aliphatic carbocycles. The largest absolute Gasteiger partial charge is 0.294 e. The van der Waals surface area contributed by atoms with Crippen molar-refractivity contribution in [3.05, 3.63) is 42.1 Å². The average molecular weight is 241 g/mol. The van der Waals surface area contributed by atoms with Gasteiger partial charge in [-0.15, -0.1) is 0 Å². The number of ketones is 1. The number of hydrogen-bond donors (Lipinski definition) is 0. The average Bonchev–Trinajstić information content (AvgIpc) is 2.43. The van der Waals surface area contributed by atoms with Crippen molar-refractivity contribution < 1.29 is 4.79 Å². The predicted octanol–water partition coefficient (Wildman–Crippen LogP) is 4.39. The van der Waals surface area contributed by atoms with E-state index < -0.39 is 0 Å². The monoisotopic (exact) mass is 241 g/mol. The van der Waals surface area contributed by atoms with E-state index in [2.05, 4.69) is 11.9 Å². The SMILES string of the molecule is CCCCCCC(=O)c1cccc2ncccc12. The summed E-state index contributed by atoms with van der Waals surface area (Å²) in [6.07, 6.45) is 6.96. The lowest BCUT2D eigenvalue weighted by Crippen LogP contribution is -2.00. The van der Waals surface area contributed by atoms with E-state index in [0.29, 0.717) is 6.42 Å². The molecule has 1 aromatic heterocycles. The molecule has 0 aliphatic heterocycles. The molecule has 18 heavy (non-hydrogen) atoms. The fourth-order valence-electron chi connectivity index (χ4n) is 2.19. The van der Waals surface area contributed by atoms with Gasteiger partial charge in [-0.25, -0.2) is 0 Å². The molecule has 0 N–H and O–H groups in total. The van der Waals surface area contributed by atoms with Crippen molar-refractivity contribution >= 4 is 16.7 Å². The molecule has 0 spiro atoms. The van der Waals surface area contributed by atoms with E-state index in [0.717, 1.165) is 29.3 Å². The van der Waals surface area contributed by atoms with Crippen LogP contribution in [0.2, 0.25) is 0 Å². The smallest absolute Gasteiger partial charge is 0.163 e. The van der Waals surface area contributed by atoms with E-state index in [-0.39, 0.29) is 5.78 Å². The Hall–Kier alpha value is -1.70. The van der Waals surface area contributed by atoms with Crippen LogP contribution < -0.4 is 0 Å². The van der Waals surface area contributed by atoms with Gasteiger partial charge in [0.05, 0.1) is 5.52 Å². The lowest BCUT2D eigenvalue weighted by atomic mass is 10.0. The van der Waals surface area contributed by atoms with E-state index in [1.165, 1.54) is 12.8 Å². The summed E-state index contributed by atoms with van der Waals surface area (Å²) >= 11 is 0. The molecule has 1 heterocycles. The van der Waals surface area contributed by atoms with Crippen LogP contribution in [0.15, 0.2) is 36.5 Å². The first kappa shape index (κ1) is 12.7. The number of nitrogens with zero attached hydrogens (tertiary/aromatic N) is 1. The van der Waals surface area contributed by atoms with Gasteiger partial charge in [0.1, 0.15) is 0 Å². The zero-order valence-corrected chi connectivity index (χ0v) is 10.9. The Morgan fingerprint density at radius 1 is 1.11 bits per heavy atom. The normalized spacial score (nSPS) is 10.7. The van der Waals surface area contributed by atoms with Gasteiger partial charge in [-0.1, -0.05) is 44.4 Å². The number of carbonyl (C=O) groups excluding carboxylic acids is 1. The summed E-state index contributed by atoms with van der Waals surface area (Å²) in [7, 11) is 0. The quantitative estimate of drug-likeness (QED) is 0.554. The number of pyridine rings is 1. The van der Waals surface area contributed by atoms with E-state index in [1.807, 2.05) is 30.3 Å². The van der Waals surface area contributed by atoms with Crippen molar-refractivity contribution in [3.63, 3.8) is 0 Å². The molecule has 2 heteroatoms. The number of unbranched alkanes of at least 4 members (excludes halogenated alkanes) is 3. The highest BCUT2D eigenvalue weighted by Crippen LogP contribution is 2.19. The van der Waals surface area contributed by atoms with Gasteiger partial charge in [0, 0.05) is 23.6 Å². The Morgan fingerprint density at radius 3 is 2.83 bits per heavy atom. The third kappa shape index (κ3) is 2.95. The summed E-state index contributed by atoms with van der Waals surface area (Å²) in [6, 6.07) is 9.63. The van der Waals surface area contributed by atoms with Gasteiger partial charge in [-0.2, -0.15) is 0 Å². The Bertz CT molecular complexity index is 528. The fourth-order valence-corrected chi connectivity index (χ4v) is 2.19. The zero-order valence-electron chi connectivity index (χ0n) is 10.9. The second kappa shape index (κ2) is 6.29. The highest BCUT2D eigenvalue weighted by molar-refractivity contribution is 6.07. The predicted molar refractivity (Wildman–Crippen MR) is 74.8 cm³/mol. The molecule has 94 valence electrons. The molecule has 0 atom stereocenters. The number of carbonyl (C=O) groups is 1. The molecule has 0 saturated heterocycles. The third-order valence-corrected chi connectivity index (χ3v) is 3.20. The molecule has 1 aromatic carbocycles. The number of hydrogen-bond acceptors (Lipinski definition) is 2. The fraction of sp³-hybridized carbons (Fsp3) is 0.375. The molecule has 2 aromatic rings. The van der Waals surface area contributed by atoms with Crippen molar-refractivity contribution in [1.29, 1.82) is 0 Å². The molecule has 2 rings (SSSR count). The minimum atomic E-state index is 0.240. The van der Waals surface area contributed by atoms with Crippen LogP contribution in [0.25, 0.3) is 10.9 Å². The molecule has 0 aliphatic rings. The second-order valence-corrected chi connectivity index (χ2v) is 4.61. The Morgan fingerprint density at radius 2 is 2.00 bits per heavy atom. The lowest BCUT2D eigenvalue weighted by molar-refractivity contribution is 0.0980. The molecule has 0 amide bonds. The summed E-state index contributed by atoms with van der Waals surface area (Å²) in [5, 5.41) is 0.973. The van der Waals surface area contributed by atoms with Crippen molar-refractivity contribution in [2.24, 2.45) is 0 Å². The van der Waals surface area contributed by atoms with E-state index in [1.54, 1.807) is 6.20 Å². The molecular formula is C16H19NO. The first-order chi connectivity index (χ1) is 8.83. The minimum absolute atomic E-state index is 0.240. The van der Waals surface area contributed by atoms with Crippen LogP contribution in [0.3, 0.4) is 0 Å². The second-order valence-electron chi connectivity index (χ2n) is 4.61. The first-order valence-electron chi connectivity index (χ1n) is 6.70. The van der Waals surface area contributed by atoms with Crippen LogP contribution in [-0.4, -0.2) is 10.8 Å². The summed E-state index contributed by atoms with van der Waals surface area (Å²) in [5.74, 6) is 0.240. The van der Waals surface area contributed by atoms with Gasteiger partial charge in [0.15, 0.2) is 5.78 Å². The van der Waals surface area contributed by atoms with Crippen LogP contribution in [0.4, 0.5) is 0 Å². The van der Waals surface area contributed by atoms with Crippen LogP contribution in [0, 0.1) is 0 Å². The van der Waals surface area contributed by atoms with Crippen molar-refractivity contribution in [3.8, 4) is 0 Å². The Labute approximate surface area is 108 Å². The van der Waals surface area contributed by atoms with Gasteiger partial charge in [0.25, 0.3) is 0 Å². The molecule has 0 fully saturated rings. The maximum atomic E-state index is 12.2. The topological polar surface area (TPSA) is 30.0 Å². The first-order valence-corrected chi connectivity index (χ1v) is 6.70. The number of aromatic nitrogens is 1. The highest BCUT2D eigenvalue weighted by Gasteiger charge is 2.09. The maximum Gasteiger partial charge on any atom is 0.163 e. The number of Topliss-reactive ketones (excluding diaryl/α,β-unsaturated/α-hetero) is 1. The molecular weight excluding hydrogens is 222 g/mol. The van der Waals surface area contributed by atoms with Gasteiger partial charge in [0.2, 0.25) is 0 Å². The standard InChI is InChI=1S/C16H19NO/c1-2-3-4-5-11-16(18)14-8-6-10-15-13(14)9-7-12-17-15/h6-10,12H,2-5,11H2,1H3. The van der Waals surface area contributed by atoms with Crippen LogP contribution in [-0.2, 0) is 0 Å². The summed E-state index contributed by atoms with van der Waals surface area (Å²) in [6.45, 7) is 2.18. The number of benzene rings is 1. The summed E-state index contributed by atoms with van der Waals surface area (Å²) in [4.78, 5) is 16.5. The Balaban J connectivity index is 2.13. The minimum Gasteiger partial charge on any atom is -0.294 e. The lowest BCUT2D eigenvalue weighted by Gasteiger charge is -2.05. The van der Waals surface area contributed by atoms with Gasteiger partial charge in [-0.05, 0) is 18.6 Å². The molecule has 0 bridgehead atoms. The zero-order chi connectivity index (χ0) is 12.8. The van der Waals surface area contributed by atoms with Crippen molar-refractivity contribution in [1.82, 2.24) is 4.98 Å².